The minimum absolute atomic E-state index is 0.0382. The third kappa shape index (κ3) is 3.68. The van der Waals surface area contributed by atoms with Crippen LogP contribution in [-0.4, -0.2) is 42.0 Å². The average Bonchev–Trinajstić information content (AvgIpc) is 3.11. The number of nitrogens with zero attached hydrogens (tertiary/aromatic N) is 2. The lowest BCUT2D eigenvalue weighted by molar-refractivity contribution is 0.0155. The van der Waals surface area contributed by atoms with Crippen LogP contribution in [0.1, 0.15) is 32.6 Å². The molecule has 1 aromatic carbocycles. The second-order valence-corrected chi connectivity index (χ2v) is 6.62. The van der Waals surface area contributed by atoms with Crippen molar-refractivity contribution in [2.24, 2.45) is 0 Å². The Labute approximate surface area is 163 Å². The number of aromatic amines is 1. The molecule has 0 radical (unpaired) electrons. The van der Waals surface area contributed by atoms with Gasteiger partial charge in [0.2, 0.25) is 5.75 Å². The van der Waals surface area contributed by atoms with Crippen LogP contribution >= 0.6 is 0 Å². The van der Waals surface area contributed by atoms with Gasteiger partial charge in [0.05, 0.1) is 44.9 Å². The van der Waals surface area contributed by atoms with Gasteiger partial charge < -0.3 is 18.9 Å². The number of benzene rings is 1. The van der Waals surface area contributed by atoms with Crippen LogP contribution in [0.3, 0.4) is 0 Å². The van der Waals surface area contributed by atoms with Crippen LogP contribution in [0, 0.1) is 0 Å². The van der Waals surface area contributed by atoms with Crippen molar-refractivity contribution >= 4 is 5.65 Å². The summed E-state index contributed by atoms with van der Waals surface area (Å²) in [6.07, 6.45) is -0.242. The number of fused-ring (bicyclic) bond motifs is 1. The van der Waals surface area contributed by atoms with Crippen molar-refractivity contribution in [2.45, 2.75) is 33.0 Å². The summed E-state index contributed by atoms with van der Waals surface area (Å²) in [5.74, 6) is 1.55. The first-order chi connectivity index (χ1) is 13.4. The predicted molar refractivity (Wildman–Crippen MR) is 106 cm³/mol. The molecule has 0 bridgehead atoms. The van der Waals surface area contributed by atoms with E-state index in [2.05, 4.69) is 10.1 Å². The van der Waals surface area contributed by atoms with Crippen molar-refractivity contribution in [3.05, 3.63) is 40.3 Å². The molecule has 28 heavy (non-hydrogen) atoms. The predicted octanol–water partition coefficient (Wildman–Crippen LogP) is 3.20. The number of rotatable bonds is 7. The average molecular weight is 387 g/mol. The van der Waals surface area contributed by atoms with Gasteiger partial charge in [-0.15, -0.1) is 0 Å². The van der Waals surface area contributed by atoms with Gasteiger partial charge in [-0.1, -0.05) is 0 Å². The molecule has 0 fully saturated rings. The standard InChI is InChI=1S/C20H25N3O5/c1-11(2)28-12(3)14-10-19(24)23-18(21-14)9-15(22-23)13-7-16(25-4)20(27-6)17(8-13)26-5/h7-12,22H,1-6H3. The van der Waals surface area contributed by atoms with E-state index in [1.165, 1.54) is 10.6 Å². The van der Waals surface area contributed by atoms with Crippen LogP contribution in [0.2, 0.25) is 0 Å². The fraction of sp³-hybridized carbons (Fsp3) is 0.400. The molecule has 0 amide bonds. The van der Waals surface area contributed by atoms with E-state index in [1.54, 1.807) is 27.4 Å². The Morgan fingerprint density at radius 1 is 0.964 bits per heavy atom. The Balaban J connectivity index is 2.10. The first kappa shape index (κ1) is 19.8. The first-order valence-electron chi connectivity index (χ1n) is 8.96. The highest BCUT2D eigenvalue weighted by atomic mass is 16.5. The lowest BCUT2D eigenvalue weighted by Gasteiger charge is -2.15. The van der Waals surface area contributed by atoms with Crippen LogP contribution in [0.4, 0.5) is 0 Å². The normalized spacial score (nSPS) is 12.4. The number of H-pyrrole nitrogens is 1. The number of methoxy groups -OCH3 is 3. The minimum atomic E-state index is -0.280. The van der Waals surface area contributed by atoms with E-state index in [1.807, 2.05) is 32.9 Å². The summed E-state index contributed by atoms with van der Waals surface area (Å²) in [6.45, 7) is 5.77. The molecule has 0 saturated carbocycles. The summed E-state index contributed by atoms with van der Waals surface area (Å²) in [4.78, 5) is 17.1. The largest absolute Gasteiger partial charge is 0.493 e. The summed E-state index contributed by atoms with van der Waals surface area (Å²) >= 11 is 0. The molecule has 0 aliphatic carbocycles. The number of aromatic nitrogens is 3. The zero-order valence-electron chi connectivity index (χ0n) is 16.9. The molecule has 1 atom stereocenters. The van der Waals surface area contributed by atoms with Crippen LogP contribution in [0.5, 0.6) is 17.2 Å². The molecule has 8 heteroatoms. The van der Waals surface area contributed by atoms with Crippen LogP contribution < -0.4 is 19.8 Å². The molecular weight excluding hydrogens is 362 g/mol. The first-order valence-corrected chi connectivity index (χ1v) is 8.96. The van der Waals surface area contributed by atoms with Crippen LogP contribution in [0.15, 0.2) is 29.1 Å². The van der Waals surface area contributed by atoms with E-state index < -0.39 is 0 Å². The van der Waals surface area contributed by atoms with Gasteiger partial charge in [0.15, 0.2) is 17.1 Å². The summed E-state index contributed by atoms with van der Waals surface area (Å²) in [6, 6.07) is 6.90. The SMILES string of the molecule is COc1cc(-c2cc3nc(C(C)OC(C)C)cc(=O)n3[nH]2)cc(OC)c1OC. The van der Waals surface area contributed by atoms with Crippen molar-refractivity contribution < 1.29 is 18.9 Å². The zero-order chi connectivity index (χ0) is 20.4. The van der Waals surface area contributed by atoms with Crippen molar-refractivity contribution in [3.63, 3.8) is 0 Å². The Morgan fingerprint density at radius 2 is 1.61 bits per heavy atom. The fourth-order valence-corrected chi connectivity index (χ4v) is 3.08. The molecule has 3 aromatic rings. The van der Waals surface area contributed by atoms with E-state index in [4.69, 9.17) is 18.9 Å². The monoisotopic (exact) mass is 387 g/mol. The van der Waals surface area contributed by atoms with Crippen LogP contribution in [0.25, 0.3) is 16.9 Å². The molecule has 1 N–H and O–H groups in total. The van der Waals surface area contributed by atoms with Gasteiger partial charge in [-0.05, 0) is 32.9 Å². The summed E-state index contributed by atoms with van der Waals surface area (Å²) in [5, 5.41) is 3.08. The Hall–Kier alpha value is -3.00. The topological polar surface area (TPSA) is 87.1 Å². The number of hydrogen-bond donors (Lipinski definition) is 1. The summed E-state index contributed by atoms with van der Waals surface area (Å²) in [7, 11) is 4.66. The highest BCUT2D eigenvalue weighted by Crippen LogP contribution is 2.40. The maximum atomic E-state index is 12.5. The van der Waals surface area contributed by atoms with Gasteiger partial charge in [-0.25, -0.2) is 9.50 Å². The third-order valence-corrected chi connectivity index (χ3v) is 4.34. The van der Waals surface area contributed by atoms with Gasteiger partial charge in [0.25, 0.3) is 5.56 Å². The second kappa shape index (κ2) is 7.93. The van der Waals surface area contributed by atoms with Gasteiger partial charge in [0.1, 0.15) is 0 Å². The second-order valence-electron chi connectivity index (χ2n) is 6.62. The highest BCUT2D eigenvalue weighted by molar-refractivity contribution is 5.71. The van der Waals surface area contributed by atoms with Crippen molar-refractivity contribution in [1.82, 2.24) is 14.6 Å². The van der Waals surface area contributed by atoms with Gasteiger partial charge in [-0.2, -0.15) is 0 Å². The minimum Gasteiger partial charge on any atom is -0.493 e. The Bertz CT molecular complexity index is 1010. The quantitative estimate of drug-likeness (QED) is 0.670. The highest BCUT2D eigenvalue weighted by Gasteiger charge is 2.17. The molecule has 1 unspecified atom stereocenters. The zero-order valence-corrected chi connectivity index (χ0v) is 16.9. The smallest absolute Gasteiger partial charge is 0.273 e. The number of nitrogens with one attached hydrogen (secondary N) is 1. The third-order valence-electron chi connectivity index (χ3n) is 4.34. The molecule has 0 aliphatic rings. The molecule has 0 saturated heterocycles. The molecular formula is C20H25N3O5. The molecule has 2 aromatic heterocycles. The van der Waals surface area contributed by atoms with E-state index in [0.717, 1.165) is 5.56 Å². The van der Waals surface area contributed by atoms with Crippen molar-refractivity contribution in [2.75, 3.05) is 21.3 Å². The molecule has 3 rings (SSSR count). The molecule has 0 aliphatic heterocycles. The van der Waals surface area contributed by atoms with Crippen molar-refractivity contribution in [3.8, 4) is 28.5 Å². The molecule has 150 valence electrons. The van der Waals surface area contributed by atoms with Gasteiger partial charge in [-0.3, -0.25) is 9.89 Å². The van der Waals surface area contributed by atoms with E-state index in [0.29, 0.717) is 34.3 Å². The van der Waals surface area contributed by atoms with Gasteiger partial charge in [0, 0.05) is 17.7 Å². The molecule has 0 spiro atoms. The number of hydrogen-bond acceptors (Lipinski definition) is 6. The summed E-state index contributed by atoms with van der Waals surface area (Å²) in [5.41, 5.74) is 2.35. The van der Waals surface area contributed by atoms with E-state index in [-0.39, 0.29) is 17.8 Å². The molecule has 2 heterocycles. The maximum absolute atomic E-state index is 12.5. The van der Waals surface area contributed by atoms with E-state index in [9.17, 15) is 4.79 Å². The maximum Gasteiger partial charge on any atom is 0.273 e. The fourth-order valence-electron chi connectivity index (χ4n) is 3.08. The summed E-state index contributed by atoms with van der Waals surface area (Å²) < 4.78 is 23.3. The molecule has 8 nitrogen and oxygen atoms in total. The van der Waals surface area contributed by atoms with E-state index >= 15 is 0 Å². The van der Waals surface area contributed by atoms with Crippen molar-refractivity contribution in [1.29, 1.82) is 0 Å². The Kier molecular flexibility index (Phi) is 5.60. The Morgan fingerprint density at radius 3 is 2.14 bits per heavy atom. The lowest BCUT2D eigenvalue weighted by atomic mass is 10.1. The number of ether oxygens (including phenoxy) is 4. The van der Waals surface area contributed by atoms with Crippen LogP contribution in [-0.2, 0) is 4.74 Å². The lowest BCUT2D eigenvalue weighted by Crippen LogP contribution is -2.18. The van der Waals surface area contributed by atoms with Gasteiger partial charge >= 0.3 is 0 Å².